The summed E-state index contributed by atoms with van der Waals surface area (Å²) in [6.07, 6.45) is 6.53. The molecule has 1 atom stereocenters. The van der Waals surface area contributed by atoms with E-state index >= 15 is 0 Å². The molecule has 150 valence electrons. The number of benzene rings is 1. The molecule has 2 aliphatic rings. The van der Waals surface area contributed by atoms with Crippen LogP contribution in [-0.4, -0.2) is 56.0 Å². The molecule has 0 saturated carbocycles. The van der Waals surface area contributed by atoms with Crippen molar-refractivity contribution in [2.24, 2.45) is 5.92 Å². The minimum absolute atomic E-state index is 0.0453. The zero-order valence-corrected chi connectivity index (χ0v) is 17.0. The van der Waals surface area contributed by atoms with Crippen LogP contribution in [0.4, 0.5) is 0 Å². The first kappa shape index (κ1) is 20.3. The molecule has 0 radical (unpaired) electrons. The van der Waals surface area contributed by atoms with Crippen LogP contribution in [0.3, 0.4) is 0 Å². The number of nitrogens with one attached hydrogen (secondary N) is 1. The Morgan fingerprint density at radius 1 is 1.07 bits per heavy atom. The summed E-state index contributed by atoms with van der Waals surface area (Å²) in [5.74, 6) is -0.307. The van der Waals surface area contributed by atoms with Crippen LogP contribution in [0.2, 0.25) is 0 Å². The Hall–Kier alpha value is -1.44. The van der Waals surface area contributed by atoms with Crippen molar-refractivity contribution in [2.45, 2.75) is 45.2 Å². The second-order valence-electron chi connectivity index (χ2n) is 7.78. The van der Waals surface area contributed by atoms with Crippen LogP contribution in [0, 0.1) is 5.92 Å². The number of sulfonamides is 1. The molecule has 1 N–H and O–H groups in total. The van der Waals surface area contributed by atoms with Gasteiger partial charge in [-0.1, -0.05) is 30.7 Å². The van der Waals surface area contributed by atoms with Gasteiger partial charge in [-0.05, 0) is 49.9 Å². The second-order valence-corrected chi connectivity index (χ2v) is 9.77. The van der Waals surface area contributed by atoms with Crippen LogP contribution < -0.4 is 5.32 Å². The third-order valence-electron chi connectivity index (χ3n) is 5.64. The molecule has 7 heteroatoms. The predicted octanol–water partition coefficient (Wildman–Crippen LogP) is 1.96. The van der Waals surface area contributed by atoms with Crippen molar-refractivity contribution >= 4 is 15.9 Å². The van der Waals surface area contributed by atoms with Gasteiger partial charge in [0.25, 0.3) is 0 Å². The summed E-state index contributed by atoms with van der Waals surface area (Å²) < 4.78 is 24.9. The average Bonchev–Trinajstić information content (AvgIpc) is 2.67. The molecule has 6 nitrogen and oxygen atoms in total. The van der Waals surface area contributed by atoms with E-state index in [2.05, 4.69) is 28.4 Å². The van der Waals surface area contributed by atoms with Crippen molar-refractivity contribution in [3.63, 3.8) is 0 Å². The summed E-state index contributed by atoms with van der Waals surface area (Å²) in [5, 5.41) is 3.04. The summed E-state index contributed by atoms with van der Waals surface area (Å²) in [6, 6.07) is 8.27. The first-order valence-corrected chi connectivity index (χ1v) is 11.8. The molecule has 0 aromatic heterocycles. The van der Waals surface area contributed by atoms with Gasteiger partial charge in [0, 0.05) is 26.2 Å². The van der Waals surface area contributed by atoms with Gasteiger partial charge in [0.15, 0.2) is 0 Å². The van der Waals surface area contributed by atoms with Crippen molar-refractivity contribution in [2.75, 3.05) is 32.4 Å². The fourth-order valence-corrected chi connectivity index (χ4v) is 4.94. The van der Waals surface area contributed by atoms with Crippen LogP contribution in [0.15, 0.2) is 24.3 Å². The van der Waals surface area contributed by atoms with Crippen LogP contribution in [-0.2, 0) is 27.9 Å². The molecule has 1 unspecified atom stereocenters. The highest BCUT2D eigenvalue weighted by atomic mass is 32.2. The van der Waals surface area contributed by atoms with E-state index in [0.29, 0.717) is 19.6 Å². The summed E-state index contributed by atoms with van der Waals surface area (Å²) in [4.78, 5) is 15.1. The molecule has 2 fully saturated rings. The van der Waals surface area contributed by atoms with E-state index in [4.69, 9.17) is 0 Å². The molecule has 27 heavy (non-hydrogen) atoms. The fourth-order valence-electron chi connectivity index (χ4n) is 4.03. The number of likely N-dealkylation sites (tertiary alicyclic amines) is 1. The summed E-state index contributed by atoms with van der Waals surface area (Å²) in [7, 11) is -3.23. The van der Waals surface area contributed by atoms with Gasteiger partial charge in [0.05, 0.1) is 12.2 Å². The van der Waals surface area contributed by atoms with E-state index in [1.807, 2.05) is 6.07 Å². The van der Waals surface area contributed by atoms with E-state index in [9.17, 15) is 13.2 Å². The number of carbonyl (C=O) groups excluding carboxylic acids is 1. The molecule has 2 saturated heterocycles. The van der Waals surface area contributed by atoms with Gasteiger partial charge in [-0.2, -0.15) is 0 Å². The molecule has 0 spiro atoms. The molecule has 2 aliphatic heterocycles. The van der Waals surface area contributed by atoms with E-state index in [-0.39, 0.29) is 11.8 Å². The van der Waals surface area contributed by atoms with Crippen LogP contribution >= 0.6 is 0 Å². The summed E-state index contributed by atoms with van der Waals surface area (Å²) in [6.45, 7) is 4.52. The number of carbonyl (C=O) groups is 1. The van der Waals surface area contributed by atoms with Crippen molar-refractivity contribution < 1.29 is 13.2 Å². The van der Waals surface area contributed by atoms with Gasteiger partial charge in [0.2, 0.25) is 15.9 Å². The van der Waals surface area contributed by atoms with Crippen molar-refractivity contribution in [1.29, 1.82) is 0 Å². The first-order valence-electron chi connectivity index (χ1n) is 9.95. The highest BCUT2D eigenvalue weighted by Gasteiger charge is 2.30. The lowest BCUT2D eigenvalue weighted by Crippen LogP contribution is -2.45. The molecule has 1 aromatic carbocycles. The Kier molecular flexibility index (Phi) is 6.89. The number of hydrogen-bond donors (Lipinski definition) is 1. The normalized spacial score (nSPS) is 22.5. The van der Waals surface area contributed by atoms with E-state index in [0.717, 1.165) is 38.0 Å². The Bertz CT molecular complexity index is 745. The van der Waals surface area contributed by atoms with E-state index < -0.39 is 10.0 Å². The van der Waals surface area contributed by atoms with Gasteiger partial charge in [-0.25, -0.2) is 12.7 Å². The monoisotopic (exact) mass is 393 g/mol. The molecule has 0 bridgehead atoms. The van der Waals surface area contributed by atoms with E-state index in [1.165, 1.54) is 35.4 Å². The topological polar surface area (TPSA) is 69.7 Å². The quantitative estimate of drug-likeness (QED) is 0.802. The van der Waals surface area contributed by atoms with E-state index in [1.54, 1.807) is 0 Å². The van der Waals surface area contributed by atoms with Gasteiger partial charge in [-0.3, -0.25) is 9.69 Å². The van der Waals surface area contributed by atoms with Crippen molar-refractivity contribution in [3.05, 3.63) is 35.4 Å². The summed E-state index contributed by atoms with van der Waals surface area (Å²) in [5.41, 5.74) is 2.41. The Labute approximate surface area is 163 Å². The minimum Gasteiger partial charge on any atom is -0.352 e. The molecule has 2 heterocycles. The highest BCUT2D eigenvalue weighted by Crippen LogP contribution is 2.20. The Balaban J connectivity index is 1.57. The Morgan fingerprint density at radius 3 is 2.48 bits per heavy atom. The molecular formula is C20H31N3O3S. The number of rotatable bonds is 6. The largest absolute Gasteiger partial charge is 0.352 e. The number of piperidine rings is 2. The second kappa shape index (κ2) is 9.17. The van der Waals surface area contributed by atoms with Gasteiger partial charge < -0.3 is 5.32 Å². The van der Waals surface area contributed by atoms with Gasteiger partial charge in [-0.15, -0.1) is 0 Å². The molecule has 1 aromatic rings. The minimum atomic E-state index is -3.23. The van der Waals surface area contributed by atoms with Crippen LogP contribution in [0.5, 0.6) is 0 Å². The van der Waals surface area contributed by atoms with Gasteiger partial charge >= 0.3 is 0 Å². The Morgan fingerprint density at radius 2 is 1.78 bits per heavy atom. The number of hydrogen-bond acceptors (Lipinski definition) is 4. The molecular weight excluding hydrogens is 362 g/mol. The zero-order chi connectivity index (χ0) is 19.3. The van der Waals surface area contributed by atoms with Crippen LogP contribution in [0.25, 0.3) is 0 Å². The van der Waals surface area contributed by atoms with Crippen molar-refractivity contribution in [3.8, 4) is 0 Å². The standard InChI is InChI=1S/C20H31N3O3S/c1-27(25,26)23-13-7-10-19(16-23)20(24)21-14-17-8-3-4-9-18(17)15-22-11-5-2-6-12-22/h3-4,8-9,19H,2,5-7,10-16H2,1H3,(H,21,24). The van der Waals surface area contributed by atoms with Crippen molar-refractivity contribution in [1.82, 2.24) is 14.5 Å². The summed E-state index contributed by atoms with van der Waals surface area (Å²) >= 11 is 0. The lowest BCUT2D eigenvalue weighted by molar-refractivity contribution is -0.126. The highest BCUT2D eigenvalue weighted by molar-refractivity contribution is 7.88. The maximum Gasteiger partial charge on any atom is 0.224 e. The third-order valence-corrected chi connectivity index (χ3v) is 6.91. The third kappa shape index (κ3) is 5.77. The number of nitrogens with zero attached hydrogens (tertiary/aromatic N) is 2. The predicted molar refractivity (Wildman–Crippen MR) is 107 cm³/mol. The smallest absolute Gasteiger partial charge is 0.224 e. The lowest BCUT2D eigenvalue weighted by atomic mass is 9.98. The molecule has 1 amide bonds. The molecule has 3 rings (SSSR count). The lowest BCUT2D eigenvalue weighted by Gasteiger charge is -2.30. The average molecular weight is 394 g/mol. The fraction of sp³-hybridized carbons (Fsp3) is 0.650. The maximum absolute atomic E-state index is 12.6. The SMILES string of the molecule is CS(=O)(=O)N1CCCC(C(=O)NCc2ccccc2CN2CCCCC2)C1. The van der Waals surface area contributed by atoms with Gasteiger partial charge in [0.1, 0.15) is 0 Å². The number of amides is 1. The van der Waals surface area contributed by atoms with Crippen LogP contribution in [0.1, 0.15) is 43.2 Å². The molecule has 0 aliphatic carbocycles. The first-order chi connectivity index (χ1) is 12.9. The zero-order valence-electron chi connectivity index (χ0n) is 16.2. The maximum atomic E-state index is 12.6.